The predicted molar refractivity (Wildman–Crippen MR) is 65.2 cm³/mol. The van der Waals surface area contributed by atoms with Crippen molar-refractivity contribution >= 4 is 27.5 Å². The van der Waals surface area contributed by atoms with Crippen molar-refractivity contribution in [2.75, 3.05) is 5.32 Å². The molecule has 0 saturated carbocycles. The molecule has 88 valence electrons. The molecule has 0 aliphatic rings. The molecular formula is C10H13BrFN3O. The van der Waals surface area contributed by atoms with Gasteiger partial charge in [-0.2, -0.15) is 0 Å². The van der Waals surface area contributed by atoms with Gasteiger partial charge in [-0.3, -0.25) is 0 Å². The molecule has 4 N–H and O–H groups in total. The van der Waals surface area contributed by atoms with Gasteiger partial charge in [0.15, 0.2) is 5.84 Å². The highest BCUT2D eigenvalue weighted by Gasteiger charge is 2.13. The summed E-state index contributed by atoms with van der Waals surface area (Å²) in [6.45, 7) is 1.85. The van der Waals surface area contributed by atoms with E-state index in [9.17, 15) is 4.39 Å². The van der Waals surface area contributed by atoms with Gasteiger partial charge in [0.25, 0.3) is 0 Å². The Bertz CT molecular complexity index is 398. The lowest BCUT2D eigenvalue weighted by Gasteiger charge is -2.17. The van der Waals surface area contributed by atoms with Crippen molar-refractivity contribution in [3.8, 4) is 0 Å². The van der Waals surface area contributed by atoms with Gasteiger partial charge >= 0.3 is 0 Å². The number of hydrogen-bond donors (Lipinski definition) is 3. The van der Waals surface area contributed by atoms with E-state index >= 15 is 0 Å². The fourth-order valence-corrected chi connectivity index (χ4v) is 1.61. The maximum atomic E-state index is 13.4. The number of rotatable bonds is 4. The van der Waals surface area contributed by atoms with E-state index in [1.807, 2.05) is 6.92 Å². The van der Waals surface area contributed by atoms with Crippen LogP contribution in [0.4, 0.5) is 10.1 Å². The molecular weight excluding hydrogens is 277 g/mol. The van der Waals surface area contributed by atoms with Crippen molar-refractivity contribution in [2.45, 2.75) is 19.4 Å². The van der Waals surface area contributed by atoms with Crippen molar-refractivity contribution in [3.63, 3.8) is 0 Å². The summed E-state index contributed by atoms with van der Waals surface area (Å²) in [5, 5.41) is 14.3. The molecule has 0 aliphatic carbocycles. The first-order valence-corrected chi connectivity index (χ1v) is 5.56. The zero-order valence-electron chi connectivity index (χ0n) is 8.74. The first-order chi connectivity index (χ1) is 7.58. The van der Waals surface area contributed by atoms with Gasteiger partial charge in [-0.1, -0.05) is 28.0 Å². The van der Waals surface area contributed by atoms with E-state index in [4.69, 9.17) is 10.9 Å². The maximum Gasteiger partial charge on any atom is 0.161 e. The number of anilines is 1. The zero-order chi connectivity index (χ0) is 12.1. The fraction of sp³-hybridized carbons (Fsp3) is 0.300. The van der Waals surface area contributed by atoms with E-state index in [2.05, 4.69) is 26.4 Å². The standard InChI is InChI=1S/C10H13BrFN3O/c1-2-8(10(13)15-16)14-9-5-6(11)3-4-7(9)12/h3-5,8,14,16H,2H2,1H3,(H2,13,15). The Balaban J connectivity index is 2.89. The van der Waals surface area contributed by atoms with Crippen LogP contribution in [-0.4, -0.2) is 17.1 Å². The van der Waals surface area contributed by atoms with Crippen LogP contribution in [0.5, 0.6) is 0 Å². The molecule has 0 spiro atoms. The molecule has 1 atom stereocenters. The Kier molecular flexibility index (Phi) is 4.54. The lowest BCUT2D eigenvalue weighted by Crippen LogP contribution is -2.35. The third kappa shape index (κ3) is 3.10. The van der Waals surface area contributed by atoms with Crippen molar-refractivity contribution in [1.82, 2.24) is 0 Å². The van der Waals surface area contributed by atoms with Gasteiger partial charge in [0.05, 0.1) is 11.7 Å². The fourth-order valence-electron chi connectivity index (χ4n) is 1.25. The molecule has 0 fully saturated rings. The van der Waals surface area contributed by atoms with Gasteiger partial charge in [0, 0.05) is 4.47 Å². The van der Waals surface area contributed by atoms with Crippen LogP contribution in [0.3, 0.4) is 0 Å². The first kappa shape index (κ1) is 12.8. The molecule has 0 heterocycles. The van der Waals surface area contributed by atoms with Crippen molar-refractivity contribution in [3.05, 3.63) is 28.5 Å². The molecule has 0 saturated heterocycles. The molecule has 0 aliphatic heterocycles. The van der Waals surface area contributed by atoms with Crippen molar-refractivity contribution in [2.24, 2.45) is 10.9 Å². The predicted octanol–water partition coefficient (Wildman–Crippen LogP) is 2.53. The van der Waals surface area contributed by atoms with Gasteiger partial charge in [-0.15, -0.1) is 0 Å². The number of nitrogens with zero attached hydrogens (tertiary/aromatic N) is 1. The number of hydrogen-bond acceptors (Lipinski definition) is 3. The van der Waals surface area contributed by atoms with E-state index in [-0.39, 0.29) is 11.7 Å². The van der Waals surface area contributed by atoms with Gasteiger partial charge in [0.1, 0.15) is 5.82 Å². The molecule has 4 nitrogen and oxygen atoms in total. The minimum atomic E-state index is -0.395. The van der Waals surface area contributed by atoms with Crippen LogP contribution >= 0.6 is 15.9 Å². The highest BCUT2D eigenvalue weighted by Crippen LogP contribution is 2.21. The smallest absolute Gasteiger partial charge is 0.161 e. The SMILES string of the molecule is CCC(Nc1cc(Br)ccc1F)C(N)=NO. The Hall–Kier alpha value is -1.30. The minimum absolute atomic E-state index is 0.0295. The summed E-state index contributed by atoms with van der Waals surface area (Å²) in [5.74, 6) is -0.353. The van der Waals surface area contributed by atoms with Crippen molar-refractivity contribution < 1.29 is 9.60 Å². The number of benzene rings is 1. The molecule has 16 heavy (non-hydrogen) atoms. The average molecular weight is 290 g/mol. The summed E-state index contributed by atoms with van der Waals surface area (Å²) >= 11 is 3.24. The molecule has 0 bridgehead atoms. The van der Waals surface area contributed by atoms with Gasteiger partial charge in [-0.05, 0) is 24.6 Å². The zero-order valence-corrected chi connectivity index (χ0v) is 10.3. The Labute approximate surface area is 101 Å². The lowest BCUT2D eigenvalue weighted by atomic mass is 10.2. The Morgan fingerprint density at radius 2 is 2.38 bits per heavy atom. The van der Waals surface area contributed by atoms with E-state index in [1.54, 1.807) is 12.1 Å². The van der Waals surface area contributed by atoms with Crippen LogP contribution in [-0.2, 0) is 0 Å². The summed E-state index contributed by atoms with van der Waals surface area (Å²) < 4.78 is 14.2. The second-order valence-corrected chi connectivity index (χ2v) is 4.17. The van der Waals surface area contributed by atoms with Gasteiger partial charge in [0.2, 0.25) is 0 Å². The number of nitrogens with one attached hydrogen (secondary N) is 1. The van der Waals surface area contributed by atoms with E-state index in [1.165, 1.54) is 6.07 Å². The maximum absolute atomic E-state index is 13.4. The summed E-state index contributed by atoms with van der Waals surface area (Å²) in [6, 6.07) is 4.15. The Morgan fingerprint density at radius 1 is 1.69 bits per heavy atom. The molecule has 0 amide bonds. The van der Waals surface area contributed by atoms with Crippen LogP contribution < -0.4 is 11.1 Å². The van der Waals surface area contributed by atoms with Crippen molar-refractivity contribution in [1.29, 1.82) is 0 Å². The molecule has 1 aromatic rings. The summed E-state index contributed by atoms with van der Waals surface area (Å²) in [7, 11) is 0. The second kappa shape index (κ2) is 5.69. The summed E-state index contributed by atoms with van der Waals surface area (Å²) in [6.07, 6.45) is 0.585. The third-order valence-corrected chi connectivity index (χ3v) is 2.63. The molecule has 1 aromatic carbocycles. The monoisotopic (exact) mass is 289 g/mol. The first-order valence-electron chi connectivity index (χ1n) is 4.77. The normalized spacial score (nSPS) is 13.6. The highest BCUT2D eigenvalue weighted by atomic mass is 79.9. The second-order valence-electron chi connectivity index (χ2n) is 3.25. The topological polar surface area (TPSA) is 70.6 Å². The average Bonchev–Trinajstić information content (AvgIpc) is 2.29. The van der Waals surface area contributed by atoms with Crippen LogP contribution in [0.15, 0.2) is 27.8 Å². The van der Waals surface area contributed by atoms with Crippen LogP contribution in [0.25, 0.3) is 0 Å². The largest absolute Gasteiger partial charge is 0.409 e. The van der Waals surface area contributed by atoms with E-state index < -0.39 is 6.04 Å². The van der Waals surface area contributed by atoms with E-state index in [0.717, 1.165) is 4.47 Å². The quantitative estimate of drug-likeness (QED) is 0.345. The van der Waals surface area contributed by atoms with Crippen LogP contribution in [0.2, 0.25) is 0 Å². The number of amidine groups is 1. The number of nitrogens with two attached hydrogens (primary N) is 1. The molecule has 0 aromatic heterocycles. The third-order valence-electron chi connectivity index (χ3n) is 2.14. The lowest BCUT2D eigenvalue weighted by molar-refractivity contribution is 0.316. The van der Waals surface area contributed by atoms with Crippen LogP contribution in [0, 0.1) is 5.82 Å². The number of oxime groups is 1. The summed E-state index contributed by atoms with van der Waals surface area (Å²) in [5.41, 5.74) is 5.78. The minimum Gasteiger partial charge on any atom is -0.409 e. The van der Waals surface area contributed by atoms with Gasteiger partial charge in [-0.25, -0.2) is 4.39 Å². The summed E-state index contributed by atoms with van der Waals surface area (Å²) in [4.78, 5) is 0. The van der Waals surface area contributed by atoms with Crippen LogP contribution in [0.1, 0.15) is 13.3 Å². The molecule has 1 unspecified atom stereocenters. The highest BCUT2D eigenvalue weighted by molar-refractivity contribution is 9.10. The molecule has 0 radical (unpaired) electrons. The number of halogens is 2. The van der Waals surface area contributed by atoms with Gasteiger partial charge < -0.3 is 16.3 Å². The molecule has 6 heteroatoms. The molecule has 1 rings (SSSR count). The van der Waals surface area contributed by atoms with E-state index in [0.29, 0.717) is 12.1 Å². The Morgan fingerprint density at radius 3 is 2.94 bits per heavy atom.